The number of likely N-dealkylation sites (tertiary alicyclic amines) is 2. The topological polar surface area (TPSA) is 70.1 Å². The average Bonchev–Trinajstić information content (AvgIpc) is 3.58. The minimum Gasteiger partial charge on any atom is -0.376 e. The number of halogens is 1. The summed E-state index contributed by atoms with van der Waals surface area (Å²) in [6, 6.07) is 3.39. The maximum atomic E-state index is 15.6. The van der Waals surface area contributed by atoms with Crippen molar-refractivity contribution in [3.05, 3.63) is 58.2 Å². The first-order valence-corrected chi connectivity index (χ1v) is 17.3. The summed E-state index contributed by atoms with van der Waals surface area (Å²) in [5, 5.41) is 2.92. The first kappa shape index (κ1) is 32.9. The normalized spacial score (nSPS) is 25.2. The van der Waals surface area contributed by atoms with E-state index in [9.17, 15) is 9.59 Å². The van der Waals surface area contributed by atoms with Crippen LogP contribution in [0.5, 0.6) is 0 Å². The molecule has 250 valence electrons. The number of carbonyl (C=O) groups is 2. The molecule has 46 heavy (non-hydrogen) atoms. The molecule has 0 spiro atoms. The van der Waals surface area contributed by atoms with E-state index in [1.807, 2.05) is 35.7 Å². The lowest BCUT2D eigenvalue weighted by atomic mass is 9.89. The second-order valence-electron chi connectivity index (χ2n) is 14.7. The number of benzene rings is 1. The van der Waals surface area contributed by atoms with E-state index in [0.717, 1.165) is 74.5 Å². The van der Waals surface area contributed by atoms with Crippen LogP contribution in [0.1, 0.15) is 78.2 Å². The van der Waals surface area contributed by atoms with Crippen LogP contribution in [0.4, 0.5) is 10.1 Å². The number of fused-ring (bicyclic) bond motifs is 1. The van der Waals surface area contributed by atoms with E-state index in [-0.39, 0.29) is 30.4 Å². The van der Waals surface area contributed by atoms with Crippen molar-refractivity contribution < 1.29 is 18.7 Å². The molecule has 1 aromatic heterocycles. The first-order chi connectivity index (χ1) is 22.0. The molecule has 2 atom stereocenters. The van der Waals surface area contributed by atoms with Crippen molar-refractivity contribution in [3.63, 3.8) is 0 Å². The molecule has 9 heteroatoms. The van der Waals surface area contributed by atoms with Gasteiger partial charge in [0.15, 0.2) is 0 Å². The molecule has 2 saturated heterocycles. The maximum absolute atomic E-state index is 15.6. The molecule has 1 saturated carbocycles. The Morgan fingerprint density at radius 2 is 1.87 bits per heavy atom. The van der Waals surface area contributed by atoms with Gasteiger partial charge < -0.3 is 24.4 Å². The summed E-state index contributed by atoms with van der Waals surface area (Å²) in [4.78, 5) is 33.8. The Bertz CT molecular complexity index is 1450. The minimum atomic E-state index is -0.474. The van der Waals surface area contributed by atoms with Gasteiger partial charge in [0.25, 0.3) is 5.91 Å². The second kappa shape index (κ2) is 14.0. The predicted molar refractivity (Wildman–Crippen MR) is 180 cm³/mol. The maximum Gasteiger partial charge on any atom is 0.257 e. The quantitative estimate of drug-likeness (QED) is 0.386. The molecule has 2 amide bonds. The van der Waals surface area contributed by atoms with E-state index in [4.69, 9.17) is 4.74 Å². The Balaban J connectivity index is 1.12. The van der Waals surface area contributed by atoms with E-state index in [1.54, 1.807) is 6.07 Å². The lowest BCUT2D eigenvalue weighted by Gasteiger charge is -2.44. The summed E-state index contributed by atoms with van der Waals surface area (Å²) in [6.45, 7) is 8.56. The van der Waals surface area contributed by atoms with Crippen molar-refractivity contribution in [1.29, 1.82) is 0 Å². The molecule has 2 aromatic rings. The van der Waals surface area contributed by atoms with Crippen molar-refractivity contribution in [2.75, 3.05) is 52.2 Å². The van der Waals surface area contributed by atoms with Gasteiger partial charge in [0.2, 0.25) is 5.91 Å². The number of amides is 2. The van der Waals surface area contributed by atoms with Crippen LogP contribution in [0.3, 0.4) is 0 Å². The Kier molecular flexibility index (Phi) is 10.0. The number of aromatic nitrogens is 1. The van der Waals surface area contributed by atoms with Crippen LogP contribution in [0.15, 0.2) is 24.4 Å². The van der Waals surface area contributed by atoms with Crippen LogP contribution in [-0.2, 0) is 29.4 Å². The van der Waals surface area contributed by atoms with Crippen molar-refractivity contribution in [3.8, 4) is 0 Å². The summed E-state index contributed by atoms with van der Waals surface area (Å²) in [5.74, 6) is 0.634. The molecule has 1 N–H and O–H groups in total. The van der Waals surface area contributed by atoms with Crippen LogP contribution in [-0.4, -0.2) is 96.2 Å². The highest BCUT2D eigenvalue weighted by molar-refractivity contribution is 6.07. The summed E-state index contributed by atoms with van der Waals surface area (Å²) in [6.07, 6.45) is 13.5. The monoisotopic (exact) mass is 633 g/mol. The minimum absolute atomic E-state index is 0.00156. The number of anilines is 1. The predicted octanol–water partition coefficient (Wildman–Crippen LogP) is 5.29. The van der Waals surface area contributed by atoms with Gasteiger partial charge in [-0.2, -0.15) is 0 Å². The average molecular weight is 634 g/mol. The third kappa shape index (κ3) is 7.26. The van der Waals surface area contributed by atoms with Gasteiger partial charge in [-0.3, -0.25) is 14.5 Å². The number of nitrogens with zero attached hydrogens (tertiary/aromatic N) is 4. The number of allylic oxidation sites excluding steroid dienone is 1. The van der Waals surface area contributed by atoms with Gasteiger partial charge in [-0.1, -0.05) is 25.1 Å². The van der Waals surface area contributed by atoms with Gasteiger partial charge >= 0.3 is 0 Å². The highest BCUT2D eigenvalue weighted by atomic mass is 19.1. The summed E-state index contributed by atoms with van der Waals surface area (Å²) in [5.41, 5.74) is 4.17. The van der Waals surface area contributed by atoms with E-state index >= 15 is 4.39 Å². The summed E-state index contributed by atoms with van der Waals surface area (Å²) in [7, 11) is 6.19. The van der Waals surface area contributed by atoms with Crippen molar-refractivity contribution in [2.24, 2.45) is 18.9 Å². The fourth-order valence-corrected chi connectivity index (χ4v) is 8.05. The van der Waals surface area contributed by atoms with Crippen molar-refractivity contribution in [2.45, 2.75) is 83.4 Å². The number of hydrogen-bond acceptors (Lipinski definition) is 5. The molecule has 3 heterocycles. The summed E-state index contributed by atoms with van der Waals surface area (Å²) < 4.78 is 24.0. The zero-order valence-corrected chi connectivity index (χ0v) is 28.4. The highest BCUT2D eigenvalue weighted by Gasteiger charge is 2.42. The van der Waals surface area contributed by atoms with Crippen LogP contribution in [0, 0.1) is 24.6 Å². The van der Waals surface area contributed by atoms with Gasteiger partial charge in [-0.05, 0) is 95.0 Å². The van der Waals surface area contributed by atoms with Crippen molar-refractivity contribution >= 4 is 23.6 Å². The van der Waals surface area contributed by atoms with Gasteiger partial charge in [0.1, 0.15) is 5.82 Å². The standard InChI is InChI=1S/C37H52FN5O3/c1-24-10-12-30(13-11-24)46-23-29-16-28(42-19-26(20-42)18-40(3)4)21-43(29)36(44)15-27-14-25(2)34(17-33(27)38)39-37(45)32-22-41(5)35-9-7-6-8-31(32)35/h6,8,14,17,22,24,26,28-30H,7,9-13,15-16,18-21,23H2,1-5H3,(H,39,45)/t24?,28-,29-,30?/m0/s1. The van der Waals surface area contributed by atoms with E-state index < -0.39 is 5.82 Å². The lowest BCUT2D eigenvalue weighted by molar-refractivity contribution is -0.133. The third-order valence-corrected chi connectivity index (χ3v) is 10.7. The zero-order valence-electron chi connectivity index (χ0n) is 28.4. The Labute approximate surface area is 273 Å². The molecular formula is C37H52FN5O3. The second-order valence-corrected chi connectivity index (χ2v) is 14.7. The lowest BCUT2D eigenvalue weighted by Crippen LogP contribution is -2.55. The Hall–Kier alpha value is -3.01. The number of ether oxygens (including phenoxy) is 1. The Morgan fingerprint density at radius 3 is 2.61 bits per heavy atom. The smallest absolute Gasteiger partial charge is 0.257 e. The fourth-order valence-electron chi connectivity index (χ4n) is 8.05. The molecule has 4 aliphatic rings. The molecule has 3 fully saturated rings. The molecule has 6 rings (SSSR count). The molecule has 8 nitrogen and oxygen atoms in total. The first-order valence-electron chi connectivity index (χ1n) is 17.3. The summed E-state index contributed by atoms with van der Waals surface area (Å²) >= 11 is 0. The van der Waals surface area contributed by atoms with Gasteiger partial charge in [-0.25, -0.2) is 4.39 Å². The highest BCUT2D eigenvalue weighted by Crippen LogP contribution is 2.32. The third-order valence-electron chi connectivity index (χ3n) is 10.7. The van der Waals surface area contributed by atoms with Gasteiger partial charge in [0.05, 0.1) is 30.7 Å². The largest absolute Gasteiger partial charge is 0.376 e. The SMILES string of the molecule is Cc1cc(CC(=O)N2C[C@@H](N3CC(CN(C)C)C3)C[C@H]2COC2CCC(C)CC2)c(F)cc1NC(=O)c1cn(C)c2c1C=CCC2. The molecule has 0 radical (unpaired) electrons. The van der Waals surface area contributed by atoms with Crippen LogP contribution < -0.4 is 5.32 Å². The molecule has 1 aromatic carbocycles. The number of aryl methyl sites for hydroxylation is 2. The molecule has 2 aliphatic heterocycles. The number of carbonyl (C=O) groups excluding carboxylic acids is 2. The molecule has 0 bridgehead atoms. The fraction of sp³-hybridized carbons (Fsp3) is 0.622. The number of rotatable bonds is 10. The zero-order chi connectivity index (χ0) is 32.5. The van der Waals surface area contributed by atoms with E-state index in [1.165, 1.54) is 18.9 Å². The Morgan fingerprint density at radius 1 is 1.11 bits per heavy atom. The van der Waals surface area contributed by atoms with Gasteiger partial charge in [0, 0.05) is 62.4 Å². The van der Waals surface area contributed by atoms with Gasteiger partial charge in [-0.15, -0.1) is 0 Å². The van der Waals surface area contributed by atoms with E-state index in [2.05, 4.69) is 42.2 Å². The van der Waals surface area contributed by atoms with E-state index in [0.29, 0.717) is 41.9 Å². The number of nitrogens with one attached hydrogen (secondary N) is 1. The van der Waals surface area contributed by atoms with Crippen LogP contribution >= 0.6 is 0 Å². The molecule has 0 unspecified atom stereocenters. The molecule has 2 aliphatic carbocycles. The van der Waals surface area contributed by atoms with Crippen LogP contribution in [0.25, 0.3) is 6.08 Å². The van der Waals surface area contributed by atoms with Crippen LogP contribution in [0.2, 0.25) is 0 Å². The number of hydrogen-bond donors (Lipinski definition) is 1. The van der Waals surface area contributed by atoms with Crippen molar-refractivity contribution in [1.82, 2.24) is 19.3 Å². The molecular weight excluding hydrogens is 581 g/mol.